The van der Waals surface area contributed by atoms with Crippen molar-refractivity contribution >= 4 is 5.69 Å². The molecule has 3 rings (SSSR count). The van der Waals surface area contributed by atoms with Crippen LogP contribution in [-0.4, -0.2) is 16.4 Å². The zero-order chi connectivity index (χ0) is 14.5. The van der Waals surface area contributed by atoms with E-state index in [0.717, 1.165) is 22.6 Å². The molecule has 0 atom stereocenters. The van der Waals surface area contributed by atoms with E-state index in [1.54, 1.807) is 0 Å². The summed E-state index contributed by atoms with van der Waals surface area (Å²) in [7, 11) is 0. The van der Waals surface area contributed by atoms with Crippen molar-refractivity contribution in [2.45, 2.75) is 6.54 Å². The Morgan fingerprint density at radius 2 is 1.86 bits per heavy atom. The van der Waals surface area contributed by atoms with Gasteiger partial charge in [0, 0.05) is 17.4 Å². The number of benzene rings is 2. The number of ether oxygens (including phenoxy) is 1. The van der Waals surface area contributed by atoms with Crippen LogP contribution in [0.15, 0.2) is 67.0 Å². The third-order valence-electron chi connectivity index (χ3n) is 3.19. The van der Waals surface area contributed by atoms with E-state index in [0.29, 0.717) is 13.2 Å². The Bertz CT molecular complexity index is 707. The van der Waals surface area contributed by atoms with Crippen molar-refractivity contribution in [1.82, 2.24) is 9.78 Å². The van der Waals surface area contributed by atoms with Gasteiger partial charge in [0.15, 0.2) is 0 Å². The van der Waals surface area contributed by atoms with Crippen LogP contribution in [0.2, 0.25) is 0 Å². The highest BCUT2D eigenvalue weighted by molar-refractivity contribution is 5.65. The summed E-state index contributed by atoms with van der Waals surface area (Å²) < 4.78 is 7.54. The van der Waals surface area contributed by atoms with Crippen molar-refractivity contribution in [3.63, 3.8) is 0 Å². The van der Waals surface area contributed by atoms with E-state index in [9.17, 15) is 0 Å². The van der Waals surface area contributed by atoms with Gasteiger partial charge in [-0.15, -0.1) is 0 Å². The Labute approximate surface area is 123 Å². The summed E-state index contributed by atoms with van der Waals surface area (Å²) in [6.45, 7) is 1.29. The fourth-order valence-corrected chi connectivity index (χ4v) is 2.13. The van der Waals surface area contributed by atoms with Crippen LogP contribution in [0.1, 0.15) is 0 Å². The monoisotopic (exact) mass is 279 g/mol. The minimum atomic E-state index is 0.585. The summed E-state index contributed by atoms with van der Waals surface area (Å²) in [5.41, 5.74) is 8.69. The van der Waals surface area contributed by atoms with Crippen molar-refractivity contribution < 1.29 is 4.74 Å². The normalized spacial score (nSPS) is 10.5. The molecule has 0 fully saturated rings. The molecule has 0 aliphatic carbocycles. The predicted molar refractivity (Wildman–Crippen MR) is 84.0 cm³/mol. The fraction of sp³-hybridized carbons (Fsp3) is 0.118. The van der Waals surface area contributed by atoms with Gasteiger partial charge >= 0.3 is 0 Å². The van der Waals surface area contributed by atoms with Gasteiger partial charge in [0.2, 0.25) is 0 Å². The highest BCUT2D eigenvalue weighted by Gasteiger charge is 2.02. The smallest absolute Gasteiger partial charge is 0.119 e. The molecule has 2 aromatic carbocycles. The number of rotatable bonds is 5. The highest BCUT2D eigenvalue weighted by atomic mass is 16.5. The third kappa shape index (κ3) is 3.42. The zero-order valence-corrected chi connectivity index (χ0v) is 11.6. The van der Waals surface area contributed by atoms with Crippen molar-refractivity contribution in [2.24, 2.45) is 0 Å². The largest absolute Gasteiger partial charge is 0.492 e. The molecule has 0 bridgehead atoms. The van der Waals surface area contributed by atoms with Gasteiger partial charge in [0.05, 0.1) is 12.7 Å². The maximum absolute atomic E-state index is 5.80. The molecule has 0 saturated carbocycles. The topological polar surface area (TPSA) is 53.1 Å². The van der Waals surface area contributed by atoms with Gasteiger partial charge in [0.25, 0.3) is 0 Å². The van der Waals surface area contributed by atoms with Gasteiger partial charge in [-0.1, -0.05) is 30.3 Å². The Kier molecular flexibility index (Phi) is 3.87. The average Bonchev–Trinajstić information content (AvgIpc) is 2.97. The molecule has 3 aromatic rings. The number of hydrogen-bond acceptors (Lipinski definition) is 3. The summed E-state index contributed by atoms with van der Waals surface area (Å²) >= 11 is 0. The van der Waals surface area contributed by atoms with Crippen LogP contribution >= 0.6 is 0 Å². The molecular formula is C17H17N3O. The molecular weight excluding hydrogens is 262 g/mol. The lowest BCUT2D eigenvalue weighted by Crippen LogP contribution is -2.08. The van der Waals surface area contributed by atoms with Gasteiger partial charge in [-0.25, -0.2) is 0 Å². The molecule has 0 aliphatic rings. The summed E-state index contributed by atoms with van der Waals surface area (Å²) in [4.78, 5) is 0. The highest BCUT2D eigenvalue weighted by Crippen LogP contribution is 2.20. The molecule has 0 aliphatic heterocycles. The second-order valence-electron chi connectivity index (χ2n) is 4.78. The molecule has 1 heterocycles. The van der Waals surface area contributed by atoms with Crippen molar-refractivity contribution in [1.29, 1.82) is 0 Å². The van der Waals surface area contributed by atoms with Gasteiger partial charge in [0.1, 0.15) is 12.4 Å². The van der Waals surface area contributed by atoms with Crippen LogP contribution in [-0.2, 0) is 6.54 Å². The number of nitrogens with zero attached hydrogens (tertiary/aromatic N) is 2. The second kappa shape index (κ2) is 6.13. The molecule has 0 unspecified atom stereocenters. The maximum Gasteiger partial charge on any atom is 0.119 e. The molecule has 0 saturated heterocycles. The lowest BCUT2D eigenvalue weighted by molar-refractivity contribution is 0.291. The van der Waals surface area contributed by atoms with E-state index in [4.69, 9.17) is 10.5 Å². The zero-order valence-electron chi connectivity index (χ0n) is 11.6. The van der Waals surface area contributed by atoms with E-state index < -0.39 is 0 Å². The summed E-state index contributed by atoms with van der Waals surface area (Å²) in [5, 5.41) is 4.35. The third-order valence-corrected chi connectivity index (χ3v) is 3.19. The molecule has 0 amide bonds. The number of anilines is 1. The first-order chi connectivity index (χ1) is 10.3. The van der Waals surface area contributed by atoms with Crippen molar-refractivity contribution in [2.75, 3.05) is 12.3 Å². The van der Waals surface area contributed by atoms with Gasteiger partial charge < -0.3 is 10.5 Å². The lowest BCUT2D eigenvalue weighted by atomic mass is 10.1. The van der Waals surface area contributed by atoms with Crippen LogP contribution in [0.4, 0.5) is 5.69 Å². The van der Waals surface area contributed by atoms with Crippen LogP contribution in [0.5, 0.6) is 5.75 Å². The molecule has 1 aromatic heterocycles. The van der Waals surface area contributed by atoms with E-state index in [2.05, 4.69) is 5.10 Å². The van der Waals surface area contributed by atoms with Crippen molar-refractivity contribution in [3.8, 4) is 16.9 Å². The summed E-state index contributed by atoms with van der Waals surface area (Å²) in [6, 6.07) is 17.6. The number of hydrogen-bond donors (Lipinski definition) is 1. The van der Waals surface area contributed by atoms with E-state index in [1.165, 1.54) is 0 Å². The fourth-order valence-electron chi connectivity index (χ4n) is 2.13. The first-order valence-corrected chi connectivity index (χ1v) is 6.87. The molecule has 4 nitrogen and oxygen atoms in total. The Balaban J connectivity index is 1.60. The van der Waals surface area contributed by atoms with Crippen LogP contribution in [0.25, 0.3) is 11.1 Å². The molecule has 0 spiro atoms. The molecule has 4 heteroatoms. The van der Waals surface area contributed by atoms with Crippen molar-refractivity contribution in [3.05, 3.63) is 67.0 Å². The standard InChI is InChI=1S/C17H17N3O/c18-16-6-4-5-14(11-16)15-12-19-20(13-15)9-10-21-17-7-2-1-3-8-17/h1-8,11-13H,9-10,18H2. The maximum atomic E-state index is 5.80. The Morgan fingerprint density at radius 1 is 1.00 bits per heavy atom. The number of aromatic nitrogens is 2. The number of nitrogen functional groups attached to an aromatic ring is 1. The first-order valence-electron chi connectivity index (χ1n) is 6.87. The Hall–Kier alpha value is -2.75. The van der Waals surface area contributed by atoms with Crippen LogP contribution in [0, 0.1) is 0 Å². The number of para-hydroxylation sites is 1. The molecule has 0 radical (unpaired) electrons. The van der Waals surface area contributed by atoms with E-state index in [-0.39, 0.29) is 0 Å². The van der Waals surface area contributed by atoms with Crippen LogP contribution in [0.3, 0.4) is 0 Å². The first kappa shape index (κ1) is 13.2. The van der Waals surface area contributed by atoms with E-state index in [1.807, 2.05) is 71.7 Å². The minimum absolute atomic E-state index is 0.585. The average molecular weight is 279 g/mol. The lowest BCUT2D eigenvalue weighted by Gasteiger charge is -2.05. The SMILES string of the molecule is Nc1cccc(-c2cnn(CCOc3ccccc3)c2)c1. The van der Waals surface area contributed by atoms with Gasteiger partial charge in [-0.3, -0.25) is 4.68 Å². The van der Waals surface area contributed by atoms with E-state index >= 15 is 0 Å². The Morgan fingerprint density at radius 3 is 2.67 bits per heavy atom. The second-order valence-corrected chi connectivity index (χ2v) is 4.78. The quantitative estimate of drug-likeness (QED) is 0.730. The predicted octanol–water partition coefficient (Wildman–Crippen LogP) is 3.21. The van der Waals surface area contributed by atoms with Gasteiger partial charge in [-0.2, -0.15) is 5.10 Å². The summed E-state index contributed by atoms with van der Waals surface area (Å²) in [5.74, 6) is 0.876. The molecule has 2 N–H and O–H groups in total. The summed E-state index contributed by atoms with van der Waals surface area (Å²) in [6.07, 6.45) is 3.85. The minimum Gasteiger partial charge on any atom is -0.492 e. The molecule has 21 heavy (non-hydrogen) atoms. The van der Waals surface area contributed by atoms with Crippen LogP contribution < -0.4 is 10.5 Å². The van der Waals surface area contributed by atoms with Gasteiger partial charge in [-0.05, 0) is 29.8 Å². The molecule has 106 valence electrons. The number of nitrogens with two attached hydrogens (primary N) is 1.